The molecule has 0 saturated heterocycles. The molecular formula is C19H18FN3OS. The number of thiophene rings is 1. The molecule has 4 nitrogen and oxygen atoms in total. The van der Waals surface area contributed by atoms with E-state index in [1.54, 1.807) is 24.4 Å². The molecule has 0 bridgehead atoms. The van der Waals surface area contributed by atoms with Crippen molar-refractivity contribution < 1.29 is 9.18 Å². The molecule has 1 N–H and O–H groups in total. The highest BCUT2D eigenvalue weighted by Gasteiger charge is 2.21. The first-order valence-electron chi connectivity index (χ1n) is 8.41. The molecule has 1 aromatic carbocycles. The maximum atomic E-state index is 13.0. The van der Waals surface area contributed by atoms with Crippen molar-refractivity contribution in [3.8, 4) is 10.4 Å². The van der Waals surface area contributed by atoms with E-state index in [-0.39, 0.29) is 11.7 Å². The number of nitrogens with one attached hydrogen (secondary N) is 1. The molecule has 0 spiro atoms. The Morgan fingerprint density at radius 2 is 1.88 bits per heavy atom. The third-order valence-corrected chi connectivity index (χ3v) is 5.67. The summed E-state index contributed by atoms with van der Waals surface area (Å²) in [5.41, 5.74) is 0.904. The van der Waals surface area contributed by atoms with Crippen molar-refractivity contribution in [1.82, 2.24) is 9.78 Å². The quantitative estimate of drug-likeness (QED) is 0.706. The largest absolute Gasteiger partial charge is 0.306 e. The van der Waals surface area contributed by atoms with Crippen LogP contribution in [0.2, 0.25) is 0 Å². The van der Waals surface area contributed by atoms with Crippen LogP contribution >= 0.6 is 11.3 Å². The Balaban J connectivity index is 1.51. The van der Waals surface area contributed by atoms with Crippen LogP contribution < -0.4 is 5.32 Å². The zero-order valence-corrected chi connectivity index (χ0v) is 14.4. The van der Waals surface area contributed by atoms with Crippen LogP contribution in [0, 0.1) is 5.82 Å². The summed E-state index contributed by atoms with van der Waals surface area (Å²) in [6.07, 6.45) is 6.37. The number of carbonyl (C=O) groups excluding carboxylic acids is 1. The van der Waals surface area contributed by atoms with Gasteiger partial charge in [0.1, 0.15) is 11.6 Å². The normalized spacial score (nSPS) is 14.8. The third kappa shape index (κ3) is 3.35. The third-order valence-electron chi connectivity index (χ3n) is 4.54. The second-order valence-electron chi connectivity index (χ2n) is 6.22. The van der Waals surface area contributed by atoms with Crippen molar-refractivity contribution in [2.24, 2.45) is 0 Å². The number of anilines is 1. The van der Waals surface area contributed by atoms with Gasteiger partial charge in [-0.05, 0) is 42.7 Å². The minimum Gasteiger partial charge on any atom is -0.306 e. The van der Waals surface area contributed by atoms with E-state index < -0.39 is 0 Å². The van der Waals surface area contributed by atoms with Crippen LogP contribution in [0.15, 0.2) is 48.7 Å². The smallest absolute Gasteiger partial charge is 0.266 e. The van der Waals surface area contributed by atoms with Crippen molar-refractivity contribution >= 4 is 23.1 Å². The van der Waals surface area contributed by atoms with E-state index in [4.69, 9.17) is 0 Å². The molecule has 0 atom stereocenters. The van der Waals surface area contributed by atoms with E-state index in [0.29, 0.717) is 10.9 Å². The lowest BCUT2D eigenvalue weighted by Gasteiger charge is -2.14. The average Bonchev–Trinajstić information content (AvgIpc) is 3.36. The van der Waals surface area contributed by atoms with Crippen molar-refractivity contribution in [3.63, 3.8) is 0 Å². The zero-order chi connectivity index (χ0) is 17.2. The van der Waals surface area contributed by atoms with Gasteiger partial charge >= 0.3 is 0 Å². The fraction of sp³-hybridized carbons (Fsp3) is 0.263. The molecule has 25 heavy (non-hydrogen) atoms. The summed E-state index contributed by atoms with van der Waals surface area (Å²) in [6, 6.07) is 12.2. The summed E-state index contributed by atoms with van der Waals surface area (Å²) >= 11 is 1.40. The minimum atomic E-state index is -0.265. The molecule has 3 aromatic rings. The molecule has 6 heteroatoms. The summed E-state index contributed by atoms with van der Waals surface area (Å²) in [5, 5.41) is 7.35. The Labute approximate surface area is 149 Å². The minimum absolute atomic E-state index is 0.141. The molecule has 0 unspecified atom stereocenters. The van der Waals surface area contributed by atoms with Gasteiger partial charge in [-0.25, -0.2) is 9.07 Å². The predicted octanol–water partition coefficient (Wildman–Crippen LogP) is 5.12. The Kier molecular flexibility index (Phi) is 4.36. The van der Waals surface area contributed by atoms with Crippen LogP contribution in [0.4, 0.5) is 10.2 Å². The van der Waals surface area contributed by atoms with Gasteiger partial charge in [0, 0.05) is 10.9 Å². The van der Waals surface area contributed by atoms with Crippen LogP contribution in [0.1, 0.15) is 41.4 Å². The lowest BCUT2D eigenvalue weighted by Crippen LogP contribution is -2.16. The van der Waals surface area contributed by atoms with E-state index in [1.807, 2.05) is 16.8 Å². The summed E-state index contributed by atoms with van der Waals surface area (Å²) in [7, 11) is 0. The molecule has 2 heterocycles. The van der Waals surface area contributed by atoms with Gasteiger partial charge in [0.05, 0.1) is 17.1 Å². The summed E-state index contributed by atoms with van der Waals surface area (Å²) in [4.78, 5) is 14.1. The summed E-state index contributed by atoms with van der Waals surface area (Å²) in [5.74, 6) is 0.338. The van der Waals surface area contributed by atoms with Crippen molar-refractivity contribution in [1.29, 1.82) is 0 Å². The number of aromatic nitrogens is 2. The standard InChI is InChI=1S/C19H18FN3OS/c20-14-7-5-13(6-8-14)16-9-10-17(25-16)19(24)22-18-11-12-21-23(18)15-3-1-2-4-15/h5-12,15H,1-4H2,(H,22,24). The molecule has 1 fully saturated rings. The highest BCUT2D eigenvalue weighted by molar-refractivity contribution is 7.17. The van der Waals surface area contributed by atoms with Gasteiger partial charge < -0.3 is 5.32 Å². The van der Waals surface area contributed by atoms with Crippen LogP contribution in [-0.4, -0.2) is 15.7 Å². The Bertz CT molecular complexity index is 878. The van der Waals surface area contributed by atoms with Crippen molar-refractivity contribution in [2.75, 3.05) is 5.32 Å². The van der Waals surface area contributed by atoms with Gasteiger partial charge in [-0.15, -0.1) is 11.3 Å². The zero-order valence-electron chi connectivity index (χ0n) is 13.6. The highest BCUT2D eigenvalue weighted by Crippen LogP contribution is 2.32. The van der Waals surface area contributed by atoms with Crippen LogP contribution in [-0.2, 0) is 0 Å². The second kappa shape index (κ2) is 6.80. The Morgan fingerprint density at radius 3 is 2.64 bits per heavy atom. The maximum absolute atomic E-state index is 13.0. The number of halogens is 1. The number of benzene rings is 1. The first kappa shape index (κ1) is 16.0. The Morgan fingerprint density at radius 1 is 1.12 bits per heavy atom. The van der Waals surface area contributed by atoms with E-state index in [9.17, 15) is 9.18 Å². The van der Waals surface area contributed by atoms with Crippen LogP contribution in [0.25, 0.3) is 10.4 Å². The molecular weight excluding hydrogens is 337 g/mol. The van der Waals surface area contributed by atoms with E-state index in [1.165, 1.54) is 36.3 Å². The fourth-order valence-electron chi connectivity index (χ4n) is 3.26. The van der Waals surface area contributed by atoms with E-state index in [2.05, 4.69) is 10.4 Å². The summed E-state index contributed by atoms with van der Waals surface area (Å²) in [6.45, 7) is 0. The molecule has 1 amide bonds. The molecule has 0 radical (unpaired) electrons. The van der Waals surface area contributed by atoms with E-state index >= 15 is 0 Å². The van der Waals surface area contributed by atoms with Gasteiger partial charge in [0.2, 0.25) is 0 Å². The van der Waals surface area contributed by atoms with Gasteiger partial charge in [-0.3, -0.25) is 4.79 Å². The van der Waals surface area contributed by atoms with Gasteiger partial charge in [-0.1, -0.05) is 25.0 Å². The van der Waals surface area contributed by atoms with Crippen molar-refractivity contribution in [3.05, 3.63) is 59.4 Å². The molecule has 1 aliphatic carbocycles. The molecule has 4 rings (SSSR count). The number of nitrogens with zero attached hydrogens (tertiary/aromatic N) is 2. The fourth-order valence-corrected chi connectivity index (χ4v) is 4.17. The summed E-state index contributed by atoms with van der Waals surface area (Å²) < 4.78 is 15.0. The average molecular weight is 355 g/mol. The van der Waals surface area contributed by atoms with Gasteiger partial charge in [0.15, 0.2) is 0 Å². The monoisotopic (exact) mass is 355 g/mol. The first-order chi connectivity index (χ1) is 12.2. The van der Waals surface area contributed by atoms with Gasteiger partial charge in [-0.2, -0.15) is 5.10 Å². The lowest BCUT2D eigenvalue weighted by atomic mass is 10.2. The van der Waals surface area contributed by atoms with Crippen molar-refractivity contribution in [2.45, 2.75) is 31.7 Å². The van der Waals surface area contributed by atoms with Gasteiger partial charge in [0.25, 0.3) is 5.91 Å². The molecule has 0 aliphatic heterocycles. The molecule has 1 aliphatic rings. The number of hydrogen-bond acceptors (Lipinski definition) is 3. The highest BCUT2D eigenvalue weighted by atomic mass is 32.1. The van der Waals surface area contributed by atoms with E-state index in [0.717, 1.165) is 29.1 Å². The maximum Gasteiger partial charge on any atom is 0.266 e. The van der Waals surface area contributed by atoms with Crippen LogP contribution in [0.5, 0.6) is 0 Å². The first-order valence-corrected chi connectivity index (χ1v) is 9.23. The topological polar surface area (TPSA) is 46.9 Å². The number of amides is 1. The lowest BCUT2D eigenvalue weighted by molar-refractivity contribution is 0.102. The van der Waals surface area contributed by atoms with Crippen LogP contribution in [0.3, 0.4) is 0 Å². The number of rotatable bonds is 4. The number of carbonyl (C=O) groups is 1. The number of hydrogen-bond donors (Lipinski definition) is 1. The Hall–Kier alpha value is -2.47. The molecule has 128 valence electrons. The SMILES string of the molecule is O=C(Nc1ccnn1C1CCCC1)c1ccc(-c2ccc(F)cc2)s1. The predicted molar refractivity (Wildman–Crippen MR) is 97.4 cm³/mol. The molecule has 1 saturated carbocycles. The molecule has 2 aromatic heterocycles. The second-order valence-corrected chi connectivity index (χ2v) is 7.31.